The lowest BCUT2D eigenvalue weighted by Gasteiger charge is -2.29. The van der Waals surface area contributed by atoms with Crippen molar-refractivity contribution in [2.45, 2.75) is 25.3 Å². The molecular weight excluding hydrogens is 418 g/mol. The van der Waals surface area contributed by atoms with Gasteiger partial charge < -0.3 is 15.1 Å². The van der Waals surface area contributed by atoms with Crippen LogP contribution in [-0.2, 0) is 10.3 Å². The van der Waals surface area contributed by atoms with E-state index in [0.717, 1.165) is 16.6 Å². The summed E-state index contributed by atoms with van der Waals surface area (Å²) in [5.41, 5.74) is 2.62. The lowest BCUT2D eigenvalue weighted by Crippen LogP contribution is -2.39. The van der Waals surface area contributed by atoms with Crippen molar-refractivity contribution < 1.29 is 9.90 Å². The highest BCUT2D eigenvalue weighted by atomic mass is 16.4. The lowest BCUT2D eigenvalue weighted by atomic mass is 9.78. The first-order chi connectivity index (χ1) is 15.9. The molecule has 0 fully saturated rings. The zero-order valence-electron chi connectivity index (χ0n) is 18.0. The number of imidazole rings is 1. The number of aromatic amines is 2. The van der Waals surface area contributed by atoms with Crippen LogP contribution >= 0.6 is 0 Å². The number of nitrogens with one attached hydrogen (secondary N) is 2. The minimum Gasteiger partial charge on any atom is -0.481 e. The normalized spacial score (nSPS) is 18.1. The number of allylic oxidation sites excluding steroid dienone is 1. The quantitative estimate of drug-likeness (QED) is 0.438. The number of carboxylic acid groups (broad SMARTS) is 1. The zero-order valence-corrected chi connectivity index (χ0v) is 18.0. The molecule has 0 spiro atoms. The number of fused-ring (bicyclic) bond motifs is 1. The molecule has 0 amide bonds. The van der Waals surface area contributed by atoms with E-state index >= 15 is 0 Å². The number of carbonyl (C=O) groups is 1. The van der Waals surface area contributed by atoms with Gasteiger partial charge in [-0.15, -0.1) is 0 Å². The number of nitrogens with zero attached hydrogens (tertiary/aromatic N) is 3. The highest BCUT2D eigenvalue weighted by Gasteiger charge is 2.49. The van der Waals surface area contributed by atoms with Crippen LogP contribution in [0, 0.1) is 13.8 Å². The molecule has 0 radical (unpaired) electrons. The van der Waals surface area contributed by atoms with E-state index in [4.69, 9.17) is 4.98 Å². The fourth-order valence-electron chi connectivity index (χ4n) is 4.34. The molecule has 1 aliphatic rings. The van der Waals surface area contributed by atoms with Crippen LogP contribution in [0.4, 0.5) is 0 Å². The van der Waals surface area contributed by atoms with Gasteiger partial charge in [-0.3, -0.25) is 14.6 Å². The third kappa shape index (κ3) is 3.27. The Morgan fingerprint density at radius 1 is 1.12 bits per heavy atom. The average molecular weight is 439 g/mol. The maximum atomic E-state index is 13.1. The molecule has 33 heavy (non-hydrogen) atoms. The molecule has 0 saturated carbocycles. The highest BCUT2D eigenvalue weighted by molar-refractivity contribution is 5.86. The Hall–Kier alpha value is -4.33. The van der Waals surface area contributed by atoms with Crippen LogP contribution < -0.4 is 5.56 Å². The lowest BCUT2D eigenvalue weighted by molar-refractivity contribution is -0.140. The number of carboxylic acids is 1. The standard InChI is InChI=1S/C25H21N5O3/c1-14-11-17-18(12-15(14)2)30-24(29-17)25(9-6-10-28-25)20(23(32)33)19-21(26-13-27-22(19)31)16-7-4-3-5-8-16/h3-13,20H,1-2H3,(H,29,30)(H,32,33)(H,26,27,31). The number of hydrogen-bond donors (Lipinski definition) is 3. The molecule has 2 aromatic carbocycles. The van der Waals surface area contributed by atoms with Gasteiger partial charge in [0.2, 0.25) is 0 Å². The summed E-state index contributed by atoms with van der Waals surface area (Å²) >= 11 is 0. The third-order valence-corrected chi connectivity index (χ3v) is 6.11. The van der Waals surface area contributed by atoms with Crippen LogP contribution in [0.2, 0.25) is 0 Å². The van der Waals surface area contributed by atoms with Crippen molar-refractivity contribution in [2.24, 2.45) is 4.99 Å². The van der Waals surface area contributed by atoms with Gasteiger partial charge in [-0.2, -0.15) is 0 Å². The van der Waals surface area contributed by atoms with Crippen molar-refractivity contribution in [3.05, 3.63) is 93.8 Å². The summed E-state index contributed by atoms with van der Waals surface area (Å²) in [6.07, 6.45) is 6.16. The Kier molecular flexibility index (Phi) is 4.78. The second-order valence-electron chi connectivity index (χ2n) is 8.13. The van der Waals surface area contributed by atoms with Crippen molar-refractivity contribution in [3.8, 4) is 11.3 Å². The summed E-state index contributed by atoms with van der Waals surface area (Å²) in [4.78, 5) is 45.3. The van der Waals surface area contributed by atoms with Gasteiger partial charge in [0.25, 0.3) is 5.56 Å². The topological polar surface area (TPSA) is 124 Å². The van der Waals surface area contributed by atoms with Gasteiger partial charge in [-0.1, -0.05) is 30.3 Å². The number of rotatable bonds is 5. The van der Waals surface area contributed by atoms with E-state index < -0.39 is 23.0 Å². The molecule has 1 aliphatic heterocycles. The molecule has 0 saturated heterocycles. The summed E-state index contributed by atoms with van der Waals surface area (Å²) in [6.45, 7) is 3.99. The Bertz CT molecular complexity index is 1450. The van der Waals surface area contributed by atoms with Gasteiger partial charge in [0, 0.05) is 11.8 Å². The number of aliphatic carboxylic acids is 1. The molecule has 0 bridgehead atoms. The number of hydrogen-bond acceptors (Lipinski definition) is 5. The van der Waals surface area contributed by atoms with Gasteiger partial charge in [-0.25, -0.2) is 9.97 Å². The molecule has 2 aromatic heterocycles. The largest absolute Gasteiger partial charge is 0.481 e. The molecule has 3 N–H and O–H groups in total. The number of aryl methyl sites for hydroxylation is 2. The maximum Gasteiger partial charge on any atom is 0.314 e. The smallest absolute Gasteiger partial charge is 0.314 e. The van der Waals surface area contributed by atoms with Crippen LogP contribution in [0.5, 0.6) is 0 Å². The van der Waals surface area contributed by atoms with Crippen molar-refractivity contribution in [2.75, 3.05) is 0 Å². The summed E-state index contributed by atoms with van der Waals surface area (Å²) in [7, 11) is 0. The van der Waals surface area contributed by atoms with E-state index in [2.05, 4.69) is 19.9 Å². The molecule has 0 aliphatic carbocycles. The molecule has 2 atom stereocenters. The van der Waals surface area contributed by atoms with Crippen LogP contribution in [0.25, 0.3) is 22.3 Å². The van der Waals surface area contributed by atoms with Crippen molar-refractivity contribution in [1.82, 2.24) is 19.9 Å². The summed E-state index contributed by atoms with van der Waals surface area (Å²) in [6, 6.07) is 13.0. The van der Waals surface area contributed by atoms with E-state index in [-0.39, 0.29) is 5.56 Å². The Labute approximate surface area is 188 Å². The first kappa shape index (κ1) is 20.6. The molecular formula is C25H21N5O3. The minimum atomic E-state index is -1.44. The van der Waals surface area contributed by atoms with Crippen LogP contribution in [0.15, 0.2) is 70.7 Å². The van der Waals surface area contributed by atoms with Crippen LogP contribution in [0.1, 0.15) is 28.4 Å². The molecule has 5 rings (SSSR count). The summed E-state index contributed by atoms with van der Waals surface area (Å²) in [5.74, 6) is -2.23. The predicted octanol–water partition coefficient (Wildman–Crippen LogP) is 3.63. The molecule has 3 heterocycles. The second kappa shape index (κ2) is 7.67. The van der Waals surface area contributed by atoms with E-state index in [9.17, 15) is 14.7 Å². The van der Waals surface area contributed by atoms with Gasteiger partial charge in [0.1, 0.15) is 11.7 Å². The summed E-state index contributed by atoms with van der Waals surface area (Å²) < 4.78 is 0. The monoisotopic (exact) mass is 439 g/mol. The van der Waals surface area contributed by atoms with Crippen molar-refractivity contribution in [3.63, 3.8) is 0 Å². The number of aromatic nitrogens is 4. The highest BCUT2D eigenvalue weighted by Crippen LogP contribution is 2.44. The fourth-order valence-corrected chi connectivity index (χ4v) is 4.34. The molecule has 8 nitrogen and oxygen atoms in total. The predicted molar refractivity (Wildman–Crippen MR) is 126 cm³/mol. The first-order valence-electron chi connectivity index (χ1n) is 10.5. The first-order valence-corrected chi connectivity index (χ1v) is 10.5. The van der Waals surface area contributed by atoms with Crippen molar-refractivity contribution >= 4 is 23.2 Å². The van der Waals surface area contributed by atoms with E-state index in [0.29, 0.717) is 22.6 Å². The number of benzene rings is 2. The molecule has 2 unspecified atom stereocenters. The number of aliphatic imine (C=N–C) groups is 1. The fraction of sp³-hybridized carbons (Fsp3) is 0.160. The van der Waals surface area contributed by atoms with Crippen LogP contribution in [-0.4, -0.2) is 37.2 Å². The van der Waals surface area contributed by atoms with Gasteiger partial charge in [-0.05, 0) is 49.3 Å². The maximum absolute atomic E-state index is 13.1. The van der Waals surface area contributed by atoms with E-state index in [1.807, 2.05) is 44.2 Å². The molecule has 8 heteroatoms. The van der Waals surface area contributed by atoms with E-state index in [1.54, 1.807) is 24.3 Å². The zero-order chi connectivity index (χ0) is 23.2. The second-order valence-corrected chi connectivity index (χ2v) is 8.13. The minimum absolute atomic E-state index is 0.0210. The average Bonchev–Trinajstić information content (AvgIpc) is 3.44. The molecule has 4 aromatic rings. The Balaban J connectivity index is 1.78. The van der Waals surface area contributed by atoms with Crippen molar-refractivity contribution in [1.29, 1.82) is 0 Å². The Morgan fingerprint density at radius 2 is 1.88 bits per heavy atom. The third-order valence-electron chi connectivity index (χ3n) is 6.11. The van der Waals surface area contributed by atoms with Gasteiger partial charge in [0.15, 0.2) is 5.54 Å². The Morgan fingerprint density at radius 3 is 2.58 bits per heavy atom. The number of H-pyrrole nitrogens is 2. The molecule has 164 valence electrons. The summed E-state index contributed by atoms with van der Waals surface area (Å²) in [5, 5.41) is 10.4. The van der Waals surface area contributed by atoms with Crippen LogP contribution in [0.3, 0.4) is 0 Å². The van der Waals surface area contributed by atoms with E-state index in [1.165, 1.54) is 12.5 Å². The van der Waals surface area contributed by atoms with Gasteiger partial charge in [0.05, 0.1) is 28.6 Å². The van der Waals surface area contributed by atoms with Gasteiger partial charge >= 0.3 is 5.97 Å². The SMILES string of the molecule is Cc1cc2nc(C3(C(C(=O)O)c4c(-c5ccccc5)nc[nH]c4=O)C=CC=N3)[nH]c2cc1C.